The van der Waals surface area contributed by atoms with Gasteiger partial charge in [0.2, 0.25) is 0 Å². The first-order valence-corrected chi connectivity index (χ1v) is 6.77. The van der Waals surface area contributed by atoms with E-state index in [-0.39, 0.29) is 0 Å². The number of halogens is 1. The van der Waals surface area contributed by atoms with E-state index in [0.29, 0.717) is 12.6 Å². The van der Waals surface area contributed by atoms with Gasteiger partial charge in [-0.05, 0) is 31.9 Å². The molecule has 1 N–H and O–H groups in total. The van der Waals surface area contributed by atoms with Gasteiger partial charge in [-0.3, -0.25) is 0 Å². The molecule has 0 aliphatic rings. The largest absolute Gasteiger partial charge is 0.377 e. The monoisotopic (exact) mass is 255 g/mol. The Labute approximate surface area is 109 Å². The van der Waals surface area contributed by atoms with Crippen LogP contribution in [0.15, 0.2) is 30.3 Å². The number of hydrogen-bond acceptors (Lipinski definition) is 2. The number of rotatable bonds is 9. The summed E-state index contributed by atoms with van der Waals surface area (Å²) < 4.78 is 5.60. The molecule has 0 heterocycles. The van der Waals surface area contributed by atoms with Crippen molar-refractivity contribution in [2.24, 2.45) is 0 Å². The second kappa shape index (κ2) is 9.46. The van der Waals surface area contributed by atoms with Gasteiger partial charge in [0.25, 0.3) is 0 Å². The standard InChI is InChI=1S/C14H22ClNO/c1-13(8-9-15)16-10-5-11-17-12-14-6-3-2-4-7-14/h2-4,6-7,13,16H,5,8-12H2,1H3. The molecular formula is C14H22ClNO. The van der Waals surface area contributed by atoms with Crippen molar-refractivity contribution in [3.05, 3.63) is 35.9 Å². The van der Waals surface area contributed by atoms with E-state index in [2.05, 4.69) is 24.4 Å². The van der Waals surface area contributed by atoms with Gasteiger partial charge in [-0.1, -0.05) is 30.3 Å². The van der Waals surface area contributed by atoms with Crippen LogP contribution >= 0.6 is 11.6 Å². The molecule has 0 amide bonds. The lowest BCUT2D eigenvalue weighted by molar-refractivity contribution is 0.118. The van der Waals surface area contributed by atoms with E-state index in [9.17, 15) is 0 Å². The van der Waals surface area contributed by atoms with Crippen LogP contribution in [0, 0.1) is 0 Å². The number of benzene rings is 1. The summed E-state index contributed by atoms with van der Waals surface area (Å²) in [7, 11) is 0. The Bertz CT molecular complexity index is 279. The van der Waals surface area contributed by atoms with Gasteiger partial charge in [0.05, 0.1) is 6.61 Å². The number of nitrogens with one attached hydrogen (secondary N) is 1. The Balaban J connectivity index is 1.95. The molecule has 0 saturated heterocycles. The SMILES string of the molecule is CC(CCCl)NCCCOCc1ccccc1. The zero-order valence-electron chi connectivity index (χ0n) is 10.5. The fourth-order valence-electron chi connectivity index (χ4n) is 1.55. The number of ether oxygens (including phenoxy) is 1. The third-order valence-corrected chi connectivity index (χ3v) is 2.83. The third-order valence-electron chi connectivity index (χ3n) is 2.61. The van der Waals surface area contributed by atoms with Crippen molar-refractivity contribution in [2.75, 3.05) is 19.0 Å². The Hall–Kier alpha value is -0.570. The molecule has 1 rings (SSSR count). The maximum atomic E-state index is 5.66. The number of hydrogen-bond donors (Lipinski definition) is 1. The van der Waals surface area contributed by atoms with Crippen molar-refractivity contribution < 1.29 is 4.74 Å². The normalized spacial score (nSPS) is 12.6. The zero-order chi connectivity index (χ0) is 12.3. The molecule has 0 aliphatic heterocycles. The Morgan fingerprint density at radius 3 is 2.76 bits per heavy atom. The van der Waals surface area contributed by atoms with Gasteiger partial charge in [0.1, 0.15) is 0 Å². The van der Waals surface area contributed by atoms with Crippen molar-refractivity contribution in [1.29, 1.82) is 0 Å². The van der Waals surface area contributed by atoms with Crippen LogP contribution in [0.3, 0.4) is 0 Å². The zero-order valence-corrected chi connectivity index (χ0v) is 11.2. The van der Waals surface area contributed by atoms with Crippen LogP contribution in [0.5, 0.6) is 0 Å². The maximum Gasteiger partial charge on any atom is 0.0716 e. The molecule has 1 aromatic rings. The Morgan fingerprint density at radius 2 is 2.06 bits per heavy atom. The first-order valence-electron chi connectivity index (χ1n) is 6.24. The van der Waals surface area contributed by atoms with Crippen LogP contribution in [-0.2, 0) is 11.3 Å². The molecule has 96 valence electrons. The lowest BCUT2D eigenvalue weighted by Gasteiger charge is -2.11. The lowest BCUT2D eigenvalue weighted by atomic mass is 10.2. The van der Waals surface area contributed by atoms with Crippen molar-refractivity contribution in [3.8, 4) is 0 Å². The van der Waals surface area contributed by atoms with Crippen molar-refractivity contribution >= 4 is 11.6 Å². The molecular weight excluding hydrogens is 234 g/mol. The third kappa shape index (κ3) is 7.37. The average molecular weight is 256 g/mol. The topological polar surface area (TPSA) is 21.3 Å². The summed E-state index contributed by atoms with van der Waals surface area (Å²) in [5.74, 6) is 0.721. The summed E-state index contributed by atoms with van der Waals surface area (Å²) >= 11 is 5.66. The van der Waals surface area contributed by atoms with Crippen LogP contribution in [0.25, 0.3) is 0 Å². The highest BCUT2D eigenvalue weighted by Gasteiger charge is 1.98. The highest BCUT2D eigenvalue weighted by molar-refractivity contribution is 6.17. The molecule has 0 fully saturated rings. The Morgan fingerprint density at radius 1 is 1.29 bits per heavy atom. The first-order chi connectivity index (χ1) is 8.33. The van der Waals surface area contributed by atoms with Gasteiger partial charge >= 0.3 is 0 Å². The van der Waals surface area contributed by atoms with E-state index < -0.39 is 0 Å². The lowest BCUT2D eigenvalue weighted by Crippen LogP contribution is -2.27. The second-order valence-corrected chi connectivity index (χ2v) is 4.60. The molecule has 0 spiro atoms. The highest BCUT2D eigenvalue weighted by Crippen LogP contribution is 2.00. The average Bonchev–Trinajstić information content (AvgIpc) is 2.35. The minimum absolute atomic E-state index is 0.502. The summed E-state index contributed by atoms with van der Waals surface area (Å²) in [5.41, 5.74) is 1.23. The summed E-state index contributed by atoms with van der Waals surface area (Å²) in [5, 5.41) is 3.42. The molecule has 0 radical (unpaired) electrons. The molecule has 3 heteroatoms. The van der Waals surface area contributed by atoms with Crippen LogP contribution < -0.4 is 5.32 Å². The van der Waals surface area contributed by atoms with Crippen LogP contribution in [-0.4, -0.2) is 25.1 Å². The molecule has 0 aliphatic carbocycles. The molecule has 2 nitrogen and oxygen atoms in total. The molecule has 0 aromatic heterocycles. The van der Waals surface area contributed by atoms with E-state index in [1.807, 2.05) is 18.2 Å². The molecule has 17 heavy (non-hydrogen) atoms. The van der Waals surface area contributed by atoms with E-state index in [4.69, 9.17) is 16.3 Å². The van der Waals surface area contributed by atoms with Crippen LogP contribution in [0.2, 0.25) is 0 Å². The molecule has 0 bridgehead atoms. The van der Waals surface area contributed by atoms with Crippen LogP contribution in [0.4, 0.5) is 0 Å². The molecule has 1 atom stereocenters. The molecule has 0 saturated carbocycles. The summed E-state index contributed by atoms with van der Waals surface area (Å²) in [6.07, 6.45) is 2.06. The summed E-state index contributed by atoms with van der Waals surface area (Å²) in [4.78, 5) is 0. The van der Waals surface area contributed by atoms with Crippen LogP contribution in [0.1, 0.15) is 25.3 Å². The van der Waals surface area contributed by atoms with E-state index in [1.165, 1.54) is 5.56 Å². The van der Waals surface area contributed by atoms with Crippen molar-refractivity contribution in [2.45, 2.75) is 32.4 Å². The van der Waals surface area contributed by atoms with Gasteiger partial charge in [-0.15, -0.1) is 11.6 Å². The number of alkyl halides is 1. The molecule has 1 unspecified atom stereocenters. The fraction of sp³-hybridized carbons (Fsp3) is 0.571. The van der Waals surface area contributed by atoms with Gasteiger partial charge < -0.3 is 10.1 Å². The maximum absolute atomic E-state index is 5.66. The molecule has 1 aromatic carbocycles. The predicted molar refractivity (Wildman–Crippen MR) is 73.5 cm³/mol. The van der Waals surface area contributed by atoms with Gasteiger partial charge in [0.15, 0.2) is 0 Å². The van der Waals surface area contributed by atoms with Crippen molar-refractivity contribution in [3.63, 3.8) is 0 Å². The predicted octanol–water partition coefficient (Wildman–Crippen LogP) is 3.20. The van der Waals surface area contributed by atoms with E-state index >= 15 is 0 Å². The van der Waals surface area contributed by atoms with E-state index in [1.54, 1.807) is 0 Å². The quantitative estimate of drug-likeness (QED) is 0.541. The highest BCUT2D eigenvalue weighted by atomic mass is 35.5. The van der Waals surface area contributed by atoms with Gasteiger partial charge in [-0.2, -0.15) is 0 Å². The minimum Gasteiger partial charge on any atom is -0.377 e. The summed E-state index contributed by atoms with van der Waals surface area (Å²) in [6, 6.07) is 10.8. The van der Waals surface area contributed by atoms with Gasteiger partial charge in [0, 0.05) is 18.5 Å². The van der Waals surface area contributed by atoms with Crippen molar-refractivity contribution in [1.82, 2.24) is 5.32 Å². The minimum atomic E-state index is 0.502. The fourth-order valence-corrected chi connectivity index (χ4v) is 1.88. The second-order valence-electron chi connectivity index (χ2n) is 4.22. The Kier molecular flexibility index (Phi) is 8.06. The van der Waals surface area contributed by atoms with E-state index in [0.717, 1.165) is 31.9 Å². The first kappa shape index (κ1) is 14.5. The smallest absolute Gasteiger partial charge is 0.0716 e. The summed E-state index contributed by atoms with van der Waals surface area (Å²) in [6.45, 7) is 4.66. The van der Waals surface area contributed by atoms with Gasteiger partial charge in [-0.25, -0.2) is 0 Å².